The zero-order valence-electron chi connectivity index (χ0n) is 15.4. The number of aryl methyl sites for hydroxylation is 1. The topological polar surface area (TPSA) is 123 Å². The molecule has 0 aliphatic heterocycles. The summed E-state index contributed by atoms with van der Waals surface area (Å²) < 4.78 is 30.5. The molecule has 1 aromatic heterocycles. The second kappa shape index (κ2) is 7.93. The zero-order valence-corrected chi connectivity index (χ0v) is 17.8. The van der Waals surface area contributed by atoms with E-state index in [0.29, 0.717) is 5.06 Å². The Labute approximate surface area is 174 Å². The van der Waals surface area contributed by atoms with Crippen molar-refractivity contribution in [2.75, 3.05) is 7.05 Å². The highest BCUT2D eigenvalue weighted by Crippen LogP contribution is 2.26. The van der Waals surface area contributed by atoms with E-state index in [-0.39, 0.29) is 17.0 Å². The highest BCUT2D eigenvalue weighted by Gasteiger charge is 2.24. The molecule has 0 spiro atoms. The number of carbonyl (C=O) groups excluding carboxylic acids is 1. The lowest BCUT2D eigenvalue weighted by Gasteiger charge is -2.16. The lowest BCUT2D eigenvalue weighted by Crippen LogP contribution is -2.31. The molecule has 0 radical (unpaired) electrons. The van der Waals surface area contributed by atoms with Gasteiger partial charge in [0, 0.05) is 40.2 Å². The molecule has 0 aliphatic rings. The van der Waals surface area contributed by atoms with Crippen molar-refractivity contribution in [2.45, 2.75) is 18.2 Å². The number of benzene rings is 2. The Morgan fingerprint density at radius 3 is 2.52 bits per heavy atom. The van der Waals surface area contributed by atoms with Gasteiger partial charge in [-0.3, -0.25) is 14.9 Å². The number of amides is 1. The van der Waals surface area contributed by atoms with E-state index >= 15 is 0 Å². The van der Waals surface area contributed by atoms with Gasteiger partial charge in [-0.05, 0) is 36.8 Å². The number of nitro benzene ring substituents is 1. The molecule has 29 heavy (non-hydrogen) atoms. The van der Waals surface area contributed by atoms with Crippen LogP contribution in [0.25, 0.3) is 10.9 Å². The van der Waals surface area contributed by atoms with Crippen LogP contribution in [0.15, 0.2) is 51.8 Å². The van der Waals surface area contributed by atoms with Crippen LogP contribution < -0.4 is 0 Å². The summed E-state index contributed by atoms with van der Waals surface area (Å²) in [5.41, 5.74) is 2.12. The molecule has 0 aliphatic carbocycles. The molecule has 3 aromatic rings. The van der Waals surface area contributed by atoms with Gasteiger partial charge in [0.25, 0.3) is 11.6 Å². The summed E-state index contributed by atoms with van der Waals surface area (Å²) in [4.78, 5) is 25.5. The van der Waals surface area contributed by atoms with E-state index in [1.165, 1.54) is 7.05 Å². The van der Waals surface area contributed by atoms with Crippen LogP contribution in [-0.4, -0.2) is 36.3 Å². The van der Waals surface area contributed by atoms with Gasteiger partial charge in [0.1, 0.15) is 0 Å². The van der Waals surface area contributed by atoms with Gasteiger partial charge < -0.3 is 4.98 Å². The number of non-ortho nitro benzene ring substituents is 1. The summed E-state index contributed by atoms with van der Waals surface area (Å²) in [7, 11) is -3.12. The average molecular weight is 482 g/mol. The molecule has 9 nitrogen and oxygen atoms in total. The van der Waals surface area contributed by atoms with Crippen molar-refractivity contribution >= 4 is 48.5 Å². The molecular formula is C18H16BrN3O6S. The number of carbonyl (C=O) groups is 1. The third-order valence-corrected chi connectivity index (χ3v) is 6.07. The van der Waals surface area contributed by atoms with Crippen LogP contribution in [0.1, 0.15) is 11.3 Å². The molecular weight excluding hydrogens is 466 g/mol. The minimum atomic E-state index is -4.32. The van der Waals surface area contributed by atoms with Crippen molar-refractivity contribution in [3.05, 3.63) is 68.3 Å². The standard InChI is InChI=1S/C18H16BrN3O6S/c1-11-16(15-8-3-12(19)9-17(15)20-11)10-18(23)21(2)28-29(26,27)14-6-4-13(5-7-14)22(24)25/h3-9,20H,10H2,1-2H3. The van der Waals surface area contributed by atoms with Gasteiger partial charge in [-0.1, -0.05) is 22.0 Å². The molecule has 3 rings (SSSR count). The van der Waals surface area contributed by atoms with Crippen LogP contribution in [0.2, 0.25) is 0 Å². The molecule has 1 heterocycles. The first-order valence-electron chi connectivity index (χ1n) is 8.31. The molecule has 0 saturated heterocycles. The van der Waals surface area contributed by atoms with Crippen LogP contribution in [0, 0.1) is 17.0 Å². The molecule has 0 bridgehead atoms. The summed E-state index contributed by atoms with van der Waals surface area (Å²) in [5.74, 6) is -0.567. The largest absolute Gasteiger partial charge is 0.358 e. The maximum atomic E-state index is 12.5. The number of nitro groups is 1. The molecule has 1 amide bonds. The summed E-state index contributed by atoms with van der Waals surface area (Å²) in [5, 5.41) is 12.2. The molecule has 11 heteroatoms. The number of nitrogens with zero attached hydrogens (tertiary/aromatic N) is 2. The van der Waals surface area contributed by atoms with Gasteiger partial charge in [0.05, 0.1) is 16.2 Å². The van der Waals surface area contributed by atoms with E-state index in [4.69, 9.17) is 4.28 Å². The monoisotopic (exact) mass is 481 g/mol. The van der Waals surface area contributed by atoms with Crippen molar-refractivity contribution in [3.8, 4) is 0 Å². The molecule has 152 valence electrons. The number of halogens is 1. The minimum absolute atomic E-state index is 0.0697. The number of hydroxylamine groups is 2. The minimum Gasteiger partial charge on any atom is -0.358 e. The number of likely N-dealkylation sites (N-methyl/N-ethyl adjacent to an activating group) is 1. The maximum absolute atomic E-state index is 12.5. The third-order valence-electron chi connectivity index (χ3n) is 4.31. The number of aromatic nitrogens is 1. The fourth-order valence-electron chi connectivity index (χ4n) is 2.82. The highest BCUT2D eigenvalue weighted by atomic mass is 79.9. The second-order valence-electron chi connectivity index (χ2n) is 6.27. The number of nitrogens with one attached hydrogen (secondary N) is 1. The first-order valence-corrected chi connectivity index (χ1v) is 10.5. The quantitative estimate of drug-likeness (QED) is 0.424. The van der Waals surface area contributed by atoms with E-state index in [9.17, 15) is 23.3 Å². The molecule has 0 unspecified atom stereocenters. The maximum Gasteiger partial charge on any atom is 0.317 e. The molecule has 0 saturated carbocycles. The third kappa shape index (κ3) is 4.47. The van der Waals surface area contributed by atoms with E-state index in [1.807, 2.05) is 25.1 Å². The smallest absolute Gasteiger partial charge is 0.317 e. The molecule has 0 fully saturated rings. The first kappa shape index (κ1) is 21.0. The summed E-state index contributed by atoms with van der Waals surface area (Å²) in [6.07, 6.45) is -0.0697. The predicted octanol–water partition coefficient (Wildman–Crippen LogP) is 3.47. The predicted molar refractivity (Wildman–Crippen MR) is 109 cm³/mol. The number of hydrogen-bond donors (Lipinski definition) is 1. The summed E-state index contributed by atoms with van der Waals surface area (Å²) in [6.45, 7) is 1.82. The van der Waals surface area contributed by atoms with Gasteiger partial charge in [0.15, 0.2) is 0 Å². The fourth-order valence-corrected chi connectivity index (χ4v) is 4.11. The van der Waals surface area contributed by atoms with Gasteiger partial charge in [0.2, 0.25) is 0 Å². The van der Waals surface area contributed by atoms with Crippen LogP contribution >= 0.6 is 15.9 Å². The molecule has 2 aromatic carbocycles. The first-order chi connectivity index (χ1) is 13.6. The number of rotatable bonds is 6. The van der Waals surface area contributed by atoms with Crippen LogP contribution in [-0.2, 0) is 25.6 Å². The molecule has 0 atom stereocenters. The average Bonchev–Trinajstić information content (AvgIpc) is 2.95. The Kier molecular flexibility index (Phi) is 5.73. The Balaban J connectivity index is 1.77. The van der Waals surface area contributed by atoms with Crippen LogP contribution in [0.3, 0.4) is 0 Å². The van der Waals surface area contributed by atoms with Gasteiger partial charge in [-0.25, -0.2) is 5.06 Å². The fraction of sp³-hybridized carbons (Fsp3) is 0.167. The SMILES string of the molecule is Cc1[nH]c2cc(Br)ccc2c1CC(=O)N(C)OS(=O)(=O)c1ccc([N+](=O)[O-])cc1. The van der Waals surface area contributed by atoms with E-state index in [2.05, 4.69) is 20.9 Å². The van der Waals surface area contributed by atoms with Crippen molar-refractivity contribution < 1.29 is 22.4 Å². The Bertz CT molecular complexity index is 1200. The number of aromatic amines is 1. The highest BCUT2D eigenvalue weighted by molar-refractivity contribution is 9.10. The van der Waals surface area contributed by atoms with Gasteiger partial charge in [-0.2, -0.15) is 8.42 Å². The summed E-state index contributed by atoms with van der Waals surface area (Å²) in [6, 6.07) is 9.79. The number of fused-ring (bicyclic) bond motifs is 1. The normalized spacial score (nSPS) is 11.6. The number of hydrogen-bond acceptors (Lipinski definition) is 6. The summed E-state index contributed by atoms with van der Waals surface area (Å²) >= 11 is 3.39. The van der Waals surface area contributed by atoms with E-state index < -0.39 is 20.9 Å². The van der Waals surface area contributed by atoms with E-state index in [1.54, 1.807) is 0 Å². The second-order valence-corrected chi connectivity index (χ2v) is 8.71. The Hall–Kier alpha value is -2.76. The Morgan fingerprint density at radius 1 is 1.24 bits per heavy atom. The number of H-pyrrole nitrogens is 1. The van der Waals surface area contributed by atoms with Crippen molar-refractivity contribution in [3.63, 3.8) is 0 Å². The van der Waals surface area contributed by atoms with Crippen LogP contribution in [0.5, 0.6) is 0 Å². The van der Waals surface area contributed by atoms with Crippen molar-refractivity contribution in [2.24, 2.45) is 0 Å². The van der Waals surface area contributed by atoms with Crippen LogP contribution in [0.4, 0.5) is 5.69 Å². The van der Waals surface area contributed by atoms with E-state index in [0.717, 1.165) is 50.9 Å². The Morgan fingerprint density at radius 2 is 1.90 bits per heavy atom. The van der Waals surface area contributed by atoms with Crippen molar-refractivity contribution in [1.29, 1.82) is 0 Å². The zero-order chi connectivity index (χ0) is 21.3. The lowest BCUT2D eigenvalue weighted by molar-refractivity contribution is -0.384. The molecule has 1 N–H and O–H groups in total. The van der Waals surface area contributed by atoms with Gasteiger partial charge in [-0.15, -0.1) is 4.28 Å². The lowest BCUT2D eigenvalue weighted by atomic mass is 10.1. The van der Waals surface area contributed by atoms with Gasteiger partial charge >= 0.3 is 10.1 Å². The van der Waals surface area contributed by atoms with Crippen molar-refractivity contribution in [1.82, 2.24) is 10.0 Å².